The van der Waals surface area contributed by atoms with Crippen molar-refractivity contribution in [1.29, 1.82) is 0 Å². The van der Waals surface area contributed by atoms with Gasteiger partial charge in [0.2, 0.25) is 5.43 Å². The Morgan fingerprint density at radius 2 is 1.86 bits per heavy atom. The van der Waals surface area contributed by atoms with E-state index in [9.17, 15) is 14.4 Å². The largest absolute Gasteiger partial charge is 0.480 e. The molecule has 1 heterocycles. The standard InChI is InChI=1S/C20H17BrN2O4S.CH4/c1-28-14-5-2-12(3-6-14)10-23-11-16(20(27)22-9-18(24)25)19(26)15-8-13(21)4-7-17(15)23;/h2-8,11H,9-10H2,1H3,(H,22,27)(H,24,25);1H4. The summed E-state index contributed by atoms with van der Waals surface area (Å²) in [6, 6.07) is 13.3. The van der Waals surface area contributed by atoms with Gasteiger partial charge in [0.1, 0.15) is 12.1 Å². The summed E-state index contributed by atoms with van der Waals surface area (Å²) in [4.78, 5) is 37.1. The number of thioether (sulfide) groups is 1. The molecule has 2 aromatic carbocycles. The second-order valence-electron chi connectivity index (χ2n) is 6.09. The van der Waals surface area contributed by atoms with Crippen LogP contribution < -0.4 is 10.7 Å². The van der Waals surface area contributed by atoms with Crippen LogP contribution in [0.1, 0.15) is 23.3 Å². The van der Waals surface area contributed by atoms with Crippen LogP contribution in [-0.4, -0.2) is 34.4 Å². The number of amides is 1. The number of carboxylic acid groups (broad SMARTS) is 1. The fourth-order valence-corrected chi connectivity index (χ4v) is 3.61. The van der Waals surface area contributed by atoms with Gasteiger partial charge in [-0.05, 0) is 42.2 Å². The van der Waals surface area contributed by atoms with Crippen molar-refractivity contribution in [2.75, 3.05) is 12.8 Å². The van der Waals surface area contributed by atoms with Crippen LogP contribution in [0.3, 0.4) is 0 Å². The molecule has 6 nitrogen and oxygen atoms in total. The van der Waals surface area contributed by atoms with E-state index in [1.54, 1.807) is 17.8 Å². The van der Waals surface area contributed by atoms with E-state index in [0.29, 0.717) is 17.4 Å². The van der Waals surface area contributed by atoms with Gasteiger partial charge in [-0.2, -0.15) is 0 Å². The average Bonchev–Trinajstić information content (AvgIpc) is 2.68. The Labute approximate surface area is 181 Å². The van der Waals surface area contributed by atoms with E-state index in [0.717, 1.165) is 14.9 Å². The molecule has 0 aliphatic heterocycles. The van der Waals surface area contributed by atoms with Gasteiger partial charge in [-0.15, -0.1) is 11.8 Å². The maximum Gasteiger partial charge on any atom is 0.322 e. The molecule has 0 unspecified atom stereocenters. The normalized spacial score (nSPS) is 10.4. The van der Waals surface area contributed by atoms with Crippen LogP contribution >= 0.6 is 27.7 Å². The van der Waals surface area contributed by atoms with Crippen molar-refractivity contribution in [2.45, 2.75) is 18.9 Å². The van der Waals surface area contributed by atoms with Gasteiger partial charge in [-0.25, -0.2) is 0 Å². The lowest BCUT2D eigenvalue weighted by Gasteiger charge is -2.14. The van der Waals surface area contributed by atoms with Crippen LogP contribution in [0.2, 0.25) is 0 Å². The Morgan fingerprint density at radius 3 is 2.48 bits per heavy atom. The van der Waals surface area contributed by atoms with Crippen LogP contribution in [0, 0.1) is 0 Å². The van der Waals surface area contributed by atoms with E-state index >= 15 is 0 Å². The number of aliphatic carboxylic acids is 1. The lowest BCUT2D eigenvalue weighted by Crippen LogP contribution is -2.33. The van der Waals surface area contributed by atoms with Crippen molar-refractivity contribution in [3.05, 3.63) is 74.5 Å². The summed E-state index contributed by atoms with van der Waals surface area (Å²) in [6.07, 6.45) is 3.49. The quantitative estimate of drug-likeness (QED) is 0.525. The molecule has 1 aromatic heterocycles. The SMILES string of the molecule is C.CSc1ccc(Cn2cc(C(=O)NCC(=O)O)c(=O)c3cc(Br)ccc32)cc1. The number of hydrogen-bond donors (Lipinski definition) is 2. The highest BCUT2D eigenvalue weighted by molar-refractivity contribution is 9.10. The molecule has 29 heavy (non-hydrogen) atoms. The third-order valence-electron chi connectivity index (χ3n) is 4.20. The second-order valence-corrected chi connectivity index (χ2v) is 7.88. The number of rotatable bonds is 6. The van der Waals surface area contributed by atoms with E-state index in [1.165, 1.54) is 6.20 Å². The molecule has 0 saturated heterocycles. The molecule has 0 atom stereocenters. The highest BCUT2D eigenvalue weighted by Crippen LogP contribution is 2.20. The Balaban J connectivity index is 0.00000300. The minimum Gasteiger partial charge on any atom is -0.480 e. The summed E-state index contributed by atoms with van der Waals surface area (Å²) in [5.74, 6) is -1.88. The molecule has 8 heteroatoms. The summed E-state index contributed by atoms with van der Waals surface area (Å²) in [6.45, 7) is -0.0861. The number of carbonyl (C=O) groups is 2. The number of pyridine rings is 1. The predicted molar refractivity (Wildman–Crippen MR) is 120 cm³/mol. The lowest BCUT2D eigenvalue weighted by atomic mass is 10.1. The fraction of sp³-hybridized carbons (Fsp3) is 0.190. The lowest BCUT2D eigenvalue weighted by molar-refractivity contribution is -0.135. The summed E-state index contributed by atoms with van der Waals surface area (Å²) < 4.78 is 2.54. The van der Waals surface area contributed by atoms with Crippen molar-refractivity contribution < 1.29 is 14.7 Å². The molecule has 0 spiro atoms. The van der Waals surface area contributed by atoms with Crippen molar-refractivity contribution >= 4 is 50.5 Å². The van der Waals surface area contributed by atoms with Crippen LogP contribution in [0.15, 0.2) is 62.8 Å². The maximum atomic E-state index is 12.8. The van der Waals surface area contributed by atoms with E-state index in [4.69, 9.17) is 5.11 Å². The third kappa shape index (κ3) is 5.27. The number of hydrogen-bond acceptors (Lipinski definition) is 4. The summed E-state index contributed by atoms with van der Waals surface area (Å²) in [7, 11) is 0. The molecule has 0 radical (unpaired) electrons. The Morgan fingerprint density at radius 1 is 1.17 bits per heavy atom. The Bertz CT molecular complexity index is 1110. The number of carboxylic acids is 1. The molecule has 0 aliphatic carbocycles. The first-order valence-corrected chi connectivity index (χ1v) is 10.4. The highest BCUT2D eigenvalue weighted by Gasteiger charge is 2.16. The molecule has 0 fully saturated rings. The Hall–Kier alpha value is -2.58. The van der Waals surface area contributed by atoms with Crippen molar-refractivity contribution in [3.63, 3.8) is 0 Å². The number of fused-ring (bicyclic) bond motifs is 1. The molecule has 3 rings (SSSR count). The van der Waals surface area contributed by atoms with E-state index in [1.807, 2.05) is 47.2 Å². The maximum absolute atomic E-state index is 12.8. The zero-order valence-electron chi connectivity index (χ0n) is 14.9. The number of nitrogens with one attached hydrogen (secondary N) is 1. The average molecular weight is 477 g/mol. The zero-order chi connectivity index (χ0) is 20.3. The molecule has 3 aromatic rings. The van der Waals surface area contributed by atoms with E-state index in [2.05, 4.69) is 21.2 Å². The van der Waals surface area contributed by atoms with Crippen LogP contribution in [0.4, 0.5) is 0 Å². The van der Waals surface area contributed by atoms with Gasteiger partial charge in [-0.3, -0.25) is 14.4 Å². The van der Waals surface area contributed by atoms with Gasteiger partial charge in [0.25, 0.3) is 5.91 Å². The number of nitrogens with zero attached hydrogens (tertiary/aromatic N) is 1. The van der Waals surface area contributed by atoms with Crippen molar-refractivity contribution in [3.8, 4) is 0 Å². The summed E-state index contributed by atoms with van der Waals surface area (Å²) >= 11 is 5.01. The highest BCUT2D eigenvalue weighted by atomic mass is 79.9. The second kappa shape index (κ2) is 9.76. The van der Waals surface area contributed by atoms with Gasteiger partial charge in [0.05, 0.1) is 5.52 Å². The first-order valence-electron chi connectivity index (χ1n) is 8.34. The minimum atomic E-state index is -1.17. The number of aromatic nitrogens is 1. The molecular weight excluding hydrogens is 456 g/mol. The smallest absolute Gasteiger partial charge is 0.322 e. The summed E-state index contributed by atoms with van der Waals surface area (Å²) in [5.41, 5.74) is 1.18. The first kappa shape index (κ1) is 22.7. The van der Waals surface area contributed by atoms with Gasteiger partial charge in [0.15, 0.2) is 0 Å². The first-order chi connectivity index (χ1) is 13.4. The fourth-order valence-electron chi connectivity index (χ4n) is 2.84. The van der Waals surface area contributed by atoms with Gasteiger partial charge >= 0.3 is 5.97 Å². The molecular formula is C21H21BrN2O4S. The molecule has 2 N–H and O–H groups in total. The van der Waals surface area contributed by atoms with Crippen molar-refractivity contribution in [1.82, 2.24) is 9.88 Å². The topological polar surface area (TPSA) is 88.4 Å². The zero-order valence-corrected chi connectivity index (χ0v) is 17.3. The van der Waals surface area contributed by atoms with E-state index < -0.39 is 23.9 Å². The third-order valence-corrected chi connectivity index (χ3v) is 5.44. The number of halogens is 1. The van der Waals surface area contributed by atoms with Crippen LogP contribution in [0.25, 0.3) is 10.9 Å². The molecule has 152 valence electrons. The molecule has 0 aliphatic rings. The molecule has 0 bridgehead atoms. The number of carbonyl (C=O) groups excluding carboxylic acids is 1. The Kier molecular flexibility index (Phi) is 7.64. The van der Waals surface area contributed by atoms with Gasteiger partial charge < -0.3 is 15.0 Å². The molecule has 0 saturated carbocycles. The van der Waals surface area contributed by atoms with E-state index in [-0.39, 0.29) is 13.0 Å². The monoisotopic (exact) mass is 476 g/mol. The van der Waals surface area contributed by atoms with Crippen LogP contribution in [-0.2, 0) is 11.3 Å². The van der Waals surface area contributed by atoms with Crippen molar-refractivity contribution in [2.24, 2.45) is 0 Å². The predicted octanol–water partition coefficient (Wildman–Crippen LogP) is 3.98. The van der Waals surface area contributed by atoms with Gasteiger partial charge in [-0.1, -0.05) is 35.5 Å². The van der Waals surface area contributed by atoms with Gasteiger partial charge in [0, 0.05) is 27.5 Å². The summed E-state index contributed by atoms with van der Waals surface area (Å²) in [5, 5.41) is 11.4. The molecule has 1 amide bonds. The number of benzene rings is 2. The van der Waals surface area contributed by atoms with Crippen LogP contribution in [0.5, 0.6) is 0 Å². The minimum absolute atomic E-state index is 0.